The van der Waals surface area contributed by atoms with Gasteiger partial charge in [-0.2, -0.15) is 0 Å². The number of aliphatic hydroxyl groups excluding tert-OH is 2. The molecule has 1 amide bonds. The summed E-state index contributed by atoms with van der Waals surface area (Å²) in [5, 5.41) is 26.2. The Morgan fingerprint density at radius 1 is 1.18 bits per heavy atom. The van der Waals surface area contributed by atoms with Crippen molar-refractivity contribution in [2.75, 3.05) is 33.4 Å². The Labute approximate surface area is 259 Å². The third kappa shape index (κ3) is 4.46. The second-order valence-corrected chi connectivity index (χ2v) is 13.2. The molecule has 0 aromatic rings. The quantitative estimate of drug-likeness (QED) is 0.114. The van der Waals surface area contributed by atoms with E-state index in [1.165, 1.54) is 0 Å². The number of esters is 3. The van der Waals surface area contributed by atoms with E-state index in [0.717, 1.165) is 13.2 Å². The van der Waals surface area contributed by atoms with Gasteiger partial charge < -0.3 is 44.9 Å². The van der Waals surface area contributed by atoms with Gasteiger partial charge in [0.2, 0.25) is 11.7 Å². The minimum Gasteiger partial charge on any atom is -0.480 e. The molecule has 5 aliphatic rings. The highest BCUT2D eigenvalue weighted by Gasteiger charge is 2.88. The number of methoxy groups -OCH3 is 1. The third-order valence-electron chi connectivity index (χ3n) is 10.5. The molecule has 0 aromatic heterocycles. The van der Waals surface area contributed by atoms with Crippen molar-refractivity contribution in [1.82, 2.24) is 5.32 Å². The van der Waals surface area contributed by atoms with Crippen LogP contribution in [0.15, 0.2) is 23.0 Å². The summed E-state index contributed by atoms with van der Waals surface area (Å²) < 4.78 is 28.4. The van der Waals surface area contributed by atoms with Crippen LogP contribution in [0.25, 0.3) is 0 Å². The number of carbonyl (C=O) groups excluding carboxylic acids is 5. The Morgan fingerprint density at radius 3 is 2.49 bits per heavy atom. The fourth-order valence-electron chi connectivity index (χ4n) is 8.93. The first-order chi connectivity index (χ1) is 21.1. The predicted octanol–water partition coefficient (Wildman–Crippen LogP) is -1.66. The van der Waals surface area contributed by atoms with Gasteiger partial charge in [0.1, 0.15) is 6.10 Å². The van der Waals surface area contributed by atoms with Gasteiger partial charge >= 0.3 is 17.9 Å². The number of nitrogens with two attached hydrogens (primary N) is 2. The van der Waals surface area contributed by atoms with E-state index in [9.17, 15) is 34.2 Å². The number of ether oxygens (including phenoxy) is 5. The van der Waals surface area contributed by atoms with Crippen LogP contribution < -0.4 is 16.8 Å². The zero-order chi connectivity index (χ0) is 33.3. The lowest BCUT2D eigenvalue weighted by Crippen LogP contribution is -2.84. The van der Waals surface area contributed by atoms with E-state index in [1.807, 2.05) is 0 Å². The topological polar surface area (TPSA) is 236 Å². The molecule has 248 valence electrons. The first-order valence-electron chi connectivity index (χ1n) is 14.8. The maximum atomic E-state index is 13.7. The van der Waals surface area contributed by atoms with Crippen LogP contribution in [-0.2, 0) is 47.7 Å². The molecule has 0 radical (unpaired) electrons. The second-order valence-electron chi connectivity index (χ2n) is 13.2. The van der Waals surface area contributed by atoms with Gasteiger partial charge in [0, 0.05) is 37.9 Å². The number of Topliss-reactive ketones (excluding diaryl/α,β-unsaturated/α-hetero) is 1. The van der Waals surface area contributed by atoms with Gasteiger partial charge in [-0.3, -0.25) is 15.3 Å². The van der Waals surface area contributed by atoms with Crippen molar-refractivity contribution in [3.63, 3.8) is 0 Å². The number of fused-ring (bicyclic) bond motifs is 2. The number of ketones is 1. The van der Waals surface area contributed by atoms with Gasteiger partial charge in [-0.05, 0) is 37.7 Å². The number of hydrogen-bond acceptors (Lipinski definition) is 14. The molecule has 3 aliphatic carbocycles. The lowest BCUT2D eigenvalue weighted by Gasteiger charge is -2.70. The summed E-state index contributed by atoms with van der Waals surface area (Å²) in [6.07, 6.45) is -4.65. The highest BCUT2D eigenvalue weighted by Crippen LogP contribution is 2.74. The highest BCUT2D eigenvalue weighted by atomic mass is 16.6. The molecule has 1 unspecified atom stereocenters. The smallest absolute Gasteiger partial charge is 0.349 e. The monoisotopic (exact) mass is 635 g/mol. The summed E-state index contributed by atoms with van der Waals surface area (Å²) in [6, 6.07) is 0. The molecule has 2 saturated carbocycles. The van der Waals surface area contributed by atoms with E-state index in [1.54, 1.807) is 27.7 Å². The Balaban J connectivity index is 1.66. The molecule has 15 heteroatoms. The summed E-state index contributed by atoms with van der Waals surface area (Å²) in [4.78, 5) is 66.0. The Bertz CT molecular complexity index is 1390. The molecular weight excluding hydrogens is 594 g/mol. The molecule has 0 aromatic carbocycles. The van der Waals surface area contributed by atoms with E-state index in [4.69, 9.17) is 35.2 Å². The highest BCUT2D eigenvalue weighted by molar-refractivity contribution is 5.96. The van der Waals surface area contributed by atoms with Gasteiger partial charge in [0.25, 0.3) is 5.91 Å². The number of hydrogen-bond donors (Lipinski definition) is 5. The fraction of sp³-hybridized carbons (Fsp3) is 0.700. The lowest BCUT2D eigenvalue weighted by molar-refractivity contribution is -0.318. The van der Waals surface area contributed by atoms with Crippen molar-refractivity contribution in [2.45, 2.75) is 70.2 Å². The number of amides is 1. The fourth-order valence-corrected chi connectivity index (χ4v) is 8.93. The average molecular weight is 636 g/mol. The van der Waals surface area contributed by atoms with Gasteiger partial charge in [0.15, 0.2) is 23.9 Å². The van der Waals surface area contributed by atoms with Crippen LogP contribution in [0.3, 0.4) is 0 Å². The van der Waals surface area contributed by atoms with Crippen molar-refractivity contribution in [3.8, 4) is 0 Å². The number of nitrogens with one attached hydrogen (secondary N) is 1. The van der Waals surface area contributed by atoms with Crippen LogP contribution in [0.2, 0.25) is 0 Å². The van der Waals surface area contributed by atoms with E-state index in [2.05, 4.69) is 5.32 Å². The number of rotatable bonds is 8. The van der Waals surface area contributed by atoms with Gasteiger partial charge in [-0.15, -0.1) is 0 Å². The van der Waals surface area contributed by atoms with E-state index >= 15 is 0 Å². The third-order valence-corrected chi connectivity index (χ3v) is 10.5. The molecule has 2 aliphatic heterocycles. The van der Waals surface area contributed by atoms with Crippen molar-refractivity contribution < 1.29 is 57.9 Å². The SMILES string of the molecule is COC(=O)[C@@]12OC[C@]34C([C@@H](O)[C@@H]1O)[C@@]1(C)CC(=O)C(OCC(=O)NCCN)=C(C)[C@@H]1C[C@@]3(N)OC(=O)[C@H](OC(=O)C=C(C)C)[C@@H]24. The van der Waals surface area contributed by atoms with Crippen molar-refractivity contribution in [1.29, 1.82) is 0 Å². The molecule has 5 rings (SSSR count). The molecule has 2 heterocycles. The van der Waals surface area contributed by atoms with Gasteiger partial charge in [-0.25, -0.2) is 14.4 Å². The summed E-state index contributed by atoms with van der Waals surface area (Å²) in [5.74, 6) is -7.30. The van der Waals surface area contributed by atoms with Crippen LogP contribution in [0.4, 0.5) is 0 Å². The minimum atomic E-state index is -2.36. The summed E-state index contributed by atoms with van der Waals surface area (Å²) in [5.41, 5.74) is 6.36. The van der Waals surface area contributed by atoms with Crippen molar-refractivity contribution in [2.24, 2.45) is 40.1 Å². The first kappa shape index (κ1) is 33.0. The maximum Gasteiger partial charge on any atom is 0.349 e. The van der Waals surface area contributed by atoms with Crippen LogP contribution in [0, 0.1) is 28.6 Å². The van der Waals surface area contributed by atoms with Gasteiger partial charge in [0.05, 0.1) is 31.2 Å². The largest absolute Gasteiger partial charge is 0.480 e. The summed E-state index contributed by atoms with van der Waals surface area (Å²) in [6.45, 7) is 6.28. The van der Waals surface area contributed by atoms with Crippen LogP contribution in [-0.4, -0.2) is 103 Å². The molecule has 10 atom stereocenters. The molecule has 1 spiro atoms. The maximum absolute atomic E-state index is 13.7. The zero-order valence-electron chi connectivity index (χ0n) is 25.9. The summed E-state index contributed by atoms with van der Waals surface area (Å²) in [7, 11) is 1.06. The van der Waals surface area contributed by atoms with Crippen LogP contribution in [0.1, 0.15) is 40.5 Å². The second kappa shape index (κ2) is 11.2. The Hall–Kier alpha value is -3.37. The molecule has 15 nitrogen and oxygen atoms in total. The molecular formula is C30H41N3O12. The lowest BCUT2D eigenvalue weighted by atomic mass is 9.36. The van der Waals surface area contributed by atoms with Crippen LogP contribution >= 0.6 is 0 Å². The number of allylic oxidation sites excluding steroid dienone is 3. The van der Waals surface area contributed by atoms with E-state index in [0.29, 0.717) is 11.1 Å². The van der Waals surface area contributed by atoms with Crippen molar-refractivity contribution in [3.05, 3.63) is 23.0 Å². The predicted molar refractivity (Wildman–Crippen MR) is 151 cm³/mol. The minimum absolute atomic E-state index is 0.0513. The normalized spacial score (nSPS) is 41.3. The molecule has 2 bridgehead atoms. The van der Waals surface area contributed by atoms with Gasteiger partial charge in [-0.1, -0.05) is 12.5 Å². The number of carbonyl (C=O) groups is 5. The van der Waals surface area contributed by atoms with E-state index in [-0.39, 0.29) is 31.7 Å². The molecule has 7 N–H and O–H groups in total. The van der Waals surface area contributed by atoms with Crippen molar-refractivity contribution >= 4 is 29.6 Å². The zero-order valence-corrected chi connectivity index (χ0v) is 25.9. The average Bonchev–Trinajstić information content (AvgIpc) is 3.27. The molecule has 45 heavy (non-hydrogen) atoms. The number of aliphatic hydroxyl groups is 2. The van der Waals surface area contributed by atoms with Crippen LogP contribution in [0.5, 0.6) is 0 Å². The Morgan fingerprint density at radius 2 is 1.87 bits per heavy atom. The molecule has 4 fully saturated rings. The van der Waals surface area contributed by atoms with E-state index < -0.39 is 101 Å². The standard InChI is InChI=1S/C30H41N3O12/c1-13(2)8-18(36)44-21-23-28-12-43-30(23,26(40)41-5)24(38)19(37)22(28)27(4)10-16(34)20(42-11-17(35)33-7-6-31)14(3)15(27)9-29(28,32)45-25(21)39/h8,15,19,21-24,37-38H,6-7,9-12,31-32H2,1-5H3,(H,33,35)/t15-,19+,21+,22?,23+,24-,27-,28+,29+,30-/m0/s1. The molecule has 2 saturated heterocycles. The Kier molecular flexibility index (Phi) is 8.18. The first-order valence-corrected chi connectivity index (χ1v) is 14.8. The summed E-state index contributed by atoms with van der Waals surface area (Å²) >= 11 is 0.